The van der Waals surface area contributed by atoms with Crippen LogP contribution < -0.4 is 10.1 Å². The van der Waals surface area contributed by atoms with Crippen molar-refractivity contribution in [1.29, 1.82) is 0 Å². The molecular formula is C23H21ClFNO3. The number of benzene rings is 3. The van der Waals surface area contributed by atoms with Crippen molar-refractivity contribution in [2.45, 2.75) is 20.1 Å². The summed E-state index contributed by atoms with van der Waals surface area (Å²) in [5.41, 5.74) is 2.64. The zero-order chi connectivity index (χ0) is 20.6. The summed E-state index contributed by atoms with van der Waals surface area (Å²) in [5.74, 6) is -0.0335. The molecule has 0 unspecified atom stereocenters. The maximum atomic E-state index is 13.8. The Bertz CT molecular complexity index is 976. The van der Waals surface area contributed by atoms with Crippen molar-refractivity contribution in [2.24, 2.45) is 0 Å². The van der Waals surface area contributed by atoms with Crippen molar-refractivity contribution in [3.63, 3.8) is 0 Å². The summed E-state index contributed by atoms with van der Waals surface area (Å²) in [7, 11) is 0. The van der Waals surface area contributed by atoms with Gasteiger partial charge in [0.1, 0.15) is 18.2 Å². The van der Waals surface area contributed by atoms with Gasteiger partial charge < -0.3 is 14.8 Å². The molecule has 4 nitrogen and oxygen atoms in total. The van der Waals surface area contributed by atoms with E-state index in [1.807, 2.05) is 0 Å². The molecule has 150 valence electrons. The van der Waals surface area contributed by atoms with Crippen LogP contribution in [0.1, 0.15) is 28.4 Å². The first kappa shape index (κ1) is 20.7. The van der Waals surface area contributed by atoms with Gasteiger partial charge in [0.25, 0.3) is 0 Å². The quantitative estimate of drug-likeness (QED) is 0.471. The summed E-state index contributed by atoms with van der Waals surface area (Å²) < 4.78 is 24.6. The van der Waals surface area contributed by atoms with Crippen LogP contribution in [-0.2, 0) is 17.9 Å². The summed E-state index contributed by atoms with van der Waals surface area (Å²) in [6, 6.07) is 18.8. The second kappa shape index (κ2) is 9.94. The molecular weight excluding hydrogens is 393 g/mol. The number of carbonyl (C=O) groups excluding carboxylic acids is 1. The maximum Gasteiger partial charge on any atom is 0.338 e. The van der Waals surface area contributed by atoms with E-state index in [-0.39, 0.29) is 18.4 Å². The van der Waals surface area contributed by atoms with Gasteiger partial charge in [-0.3, -0.25) is 0 Å². The predicted octanol–water partition coefficient (Wildman–Crippen LogP) is 5.85. The maximum absolute atomic E-state index is 13.8. The lowest BCUT2D eigenvalue weighted by molar-refractivity contribution is 0.0526. The summed E-state index contributed by atoms with van der Waals surface area (Å²) >= 11 is 6.13. The number of rotatable bonds is 8. The molecule has 0 saturated heterocycles. The number of ether oxygens (including phenoxy) is 2. The Morgan fingerprint density at radius 2 is 1.79 bits per heavy atom. The minimum atomic E-state index is -0.349. The third kappa shape index (κ3) is 5.72. The molecule has 0 radical (unpaired) electrons. The Kier molecular flexibility index (Phi) is 7.09. The third-order valence-electron chi connectivity index (χ3n) is 4.24. The van der Waals surface area contributed by atoms with E-state index in [1.54, 1.807) is 67.6 Å². The SMILES string of the molecule is CCOC(=O)c1ccc(NCc2cc(Cl)ccc2OCc2ccccc2F)cc1. The van der Waals surface area contributed by atoms with Gasteiger partial charge in [-0.15, -0.1) is 0 Å². The number of esters is 1. The second-order valence-corrected chi connectivity index (χ2v) is 6.72. The minimum absolute atomic E-state index is 0.121. The van der Waals surface area contributed by atoms with Gasteiger partial charge in [0, 0.05) is 28.4 Å². The predicted molar refractivity (Wildman–Crippen MR) is 112 cm³/mol. The molecule has 3 aromatic carbocycles. The molecule has 6 heteroatoms. The number of nitrogens with one attached hydrogen (secondary N) is 1. The van der Waals surface area contributed by atoms with Gasteiger partial charge in [0.15, 0.2) is 0 Å². The van der Waals surface area contributed by atoms with E-state index in [0.29, 0.717) is 35.1 Å². The molecule has 0 atom stereocenters. The van der Waals surface area contributed by atoms with E-state index in [4.69, 9.17) is 21.1 Å². The van der Waals surface area contributed by atoms with Crippen molar-refractivity contribution in [1.82, 2.24) is 0 Å². The van der Waals surface area contributed by atoms with Crippen LogP contribution >= 0.6 is 11.6 Å². The van der Waals surface area contributed by atoms with Gasteiger partial charge in [-0.25, -0.2) is 9.18 Å². The van der Waals surface area contributed by atoms with E-state index in [9.17, 15) is 9.18 Å². The Balaban J connectivity index is 1.66. The molecule has 0 spiro atoms. The zero-order valence-corrected chi connectivity index (χ0v) is 16.7. The normalized spacial score (nSPS) is 10.4. The lowest BCUT2D eigenvalue weighted by Gasteiger charge is -2.14. The molecule has 0 bridgehead atoms. The number of anilines is 1. The van der Waals surface area contributed by atoms with Gasteiger partial charge >= 0.3 is 5.97 Å². The van der Waals surface area contributed by atoms with Gasteiger partial charge in [-0.1, -0.05) is 29.8 Å². The van der Waals surface area contributed by atoms with E-state index in [2.05, 4.69) is 5.32 Å². The zero-order valence-electron chi connectivity index (χ0n) is 16.0. The fraction of sp³-hybridized carbons (Fsp3) is 0.174. The fourth-order valence-electron chi connectivity index (χ4n) is 2.73. The van der Waals surface area contributed by atoms with Crippen LogP contribution in [0.4, 0.5) is 10.1 Å². The van der Waals surface area contributed by atoms with Gasteiger partial charge in [-0.05, 0) is 55.5 Å². The molecule has 1 N–H and O–H groups in total. The lowest BCUT2D eigenvalue weighted by atomic mass is 10.1. The number of carbonyl (C=O) groups is 1. The monoisotopic (exact) mass is 413 g/mol. The van der Waals surface area contributed by atoms with Gasteiger partial charge in [0.2, 0.25) is 0 Å². The number of halogens is 2. The highest BCUT2D eigenvalue weighted by Gasteiger charge is 2.09. The van der Waals surface area contributed by atoms with Crippen LogP contribution in [0, 0.1) is 5.82 Å². The van der Waals surface area contributed by atoms with E-state index < -0.39 is 0 Å². The van der Waals surface area contributed by atoms with Crippen molar-refractivity contribution < 1.29 is 18.7 Å². The highest BCUT2D eigenvalue weighted by molar-refractivity contribution is 6.30. The van der Waals surface area contributed by atoms with Gasteiger partial charge in [0.05, 0.1) is 12.2 Å². The average molecular weight is 414 g/mol. The molecule has 3 rings (SSSR count). The standard InChI is InChI=1S/C23H21ClFNO3/c1-2-28-23(27)16-7-10-20(11-8-16)26-14-18-13-19(24)9-12-22(18)29-15-17-5-3-4-6-21(17)25/h3-13,26H,2,14-15H2,1H3. The third-order valence-corrected chi connectivity index (χ3v) is 4.48. The highest BCUT2D eigenvalue weighted by Crippen LogP contribution is 2.25. The molecule has 0 heterocycles. The smallest absolute Gasteiger partial charge is 0.338 e. The number of hydrogen-bond acceptors (Lipinski definition) is 4. The van der Waals surface area contributed by atoms with Crippen LogP contribution in [0.5, 0.6) is 5.75 Å². The average Bonchev–Trinajstić information content (AvgIpc) is 2.73. The van der Waals surface area contributed by atoms with Crippen LogP contribution in [0.3, 0.4) is 0 Å². The van der Waals surface area contributed by atoms with E-state index in [0.717, 1.165) is 11.3 Å². The summed E-state index contributed by atoms with van der Waals surface area (Å²) in [4.78, 5) is 11.7. The topological polar surface area (TPSA) is 47.6 Å². The first-order valence-electron chi connectivity index (χ1n) is 9.22. The summed E-state index contributed by atoms with van der Waals surface area (Å²) in [6.45, 7) is 2.68. The van der Waals surface area contributed by atoms with E-state index >= 15 is 0 Å². The lowest BCUT2D eigenvalue weighted by Crippen LogP contribution is -2.06. The molecule has 0 aliphatic rings. The van der Waals surface area contributed by atoms with E-state index in [1.165, 1.54) is 6.07 Å². The Labute approximate surface area is 174 Å². The van der Waals surface area contributed by atoms with Crippen LogP contribution in [0.15, 0.2) is 66.7 Å². The molecule has 0 aliphatic heterocycles. The largest absolute Gasteiger partial charge is 0.488 e. The molecule has 0 fully saturated rings. The Morgan fingerprint density at radius 3 is 2.52 bits per heavy atom. The molecule has 29 heavy (non-hydrogen) atoms. The molecule has 0 saturated carbocycles. The molecule has 0 amide bonds. The van der Waals surface area contributed by atoms with Gasteiger partial charge in [-0.2, -0.15) is 0 Å². The van der Waals surface area contributed by atoms with Crippen molar-refractivity contribution >= 4 is 23.3 Å². The first-order valence-corrected chi connectivity index (χ1v) is 9.60. The Morgan fingerprint density at radius 1 is 1.03 bits per heavy atom. The van der Waals surface area contributed by atoms with Crippen LogP contribution in [0.2, 0.25) is 5.02 Å². The fourth-order valence-corrected chi connectivity index (χ4v) is 2.93. The van der Waals surface area contributed by atoms with Crippen molar-refractivity contribution in [2.75, 3.05) is 11.9 Å². The van der Waals surface area contributed by atoms with Crippen LogP contribution in [-0.4, -0.2) is 12.6 Å². The summed E-state index contributed by atoms with van der Waals surface area (Å²) in [5, 5.41) is 3.85. The summed E-state index contributed by atoms with van der Waals surface area (Å²) in [6.07, 6.45) is 0. The first-order chi connectivity index (χ1) is 14.1. The minimum Gasteiger partial charge on any atom is -0.488 e. The van der Waals surface area contributed by atoms with Crippen LogP contribution in [0.25, 0.3) is 0 Å². The highest BCUT2D eigenvalue weighted by atomic mass is 35.5. The Hall–Kier alpha value is -3.05. The van der Waals surface area contributed by atoms with Crippen molar-refractivity contribution in [3.05, 3.63) is 94.3 Å². The second-order valence-electron chi connectivity index (χ2n) is 6.28. The van der Waals surface area contributed by atoms with Crippen molar-refractivity contribution in [3.8, 4) is 5.75 Å². The molecule has 0 aromatic heterocycles. The molecule has 0 aliphatic carbocycles. The number of hydrogen-bond donors (Lipinski definition) is 1. The molecule has 3 aromatic rings.